The van der Waals surface area contributed by atoms with Gasteiger partial charge in [-0.2, -0.15) is 5.10 Å². The number of imide groups is 2. The largest absolute Gasteiger partial charge is 0.380 e. The molecule has 2 atom stereocenters. The van der Waals surface area contributed by atoms with Crippen LogP contribution >= 0.6 is 0 Å². The molecule has 12 nitrogen and oxygen atoms in total. The number of aromatic nitrogens is 3. The van der Waals surface area contributed by atoms with Crippen molar-refractivity contribution in [3.05, 3.63) is 71.3 Å². The first-order valence-corrected chi connectivity index (χ1v) is 15.7. The Labute approximate surface area is 259 Å². The fraction of sp³-hybridized carbons (Fsp3) is 0.394. The number of anilines is 2. The first kappa shape index (κ1) is 27.7. The highest BCUT2D eigenvalue weighted by molar-refractivity contribution is 6.23. The van der Waals surface area contributed by atoms with Crippen LogP contribution < -0.4 is 21.3 Å². The monoisotopic (exact) mass is 606 g/mol. The Kier molecular flexibility index (Phi) is 6.74. The molecular formula is C33H34N8O4. The van der Waals surface area contributed by atoms with Crippen LogP contribution in [0.25, 0.3) is 11.3 Å². The third-order valence-corrected chi connectivity index (χ3v) is 9.45. The summed E-state index contributed by atoms with van der Waals surface area (Å²) in [6, 6.07) is 8.95. The lowest BCUT2D eigenvalue weighted by Crippen LogP contribution is -2.54. The maximum Gasteiger partial charge on any atom is 0.262 e. The minimum atomic E-state index is -0.977. The van der Waals surface area contributed by atoms with Gasteiger partial charge in [0.05, 0.1) is 40.4 Å². The van der Waals surface area contributed by atoms with E-state index in [4.69, 9.17) is 10.1 Å². The summed E-state index contributed by atoms with van der Waals surface area (Å²) in [6.45, 7) is 2.03. The Balaban J connectivity index is 0.919. The van der Waals surface area contributed by atoms with E-state index >= 15 is 0 Å². The molecule has 12 heteroatoms. The smallest absolute Gasteiger partial charge is 0.262 e. The van der Waals surface area contributed by atoms with Crippen molar-refractivity contribution in [2.45, 2.75) is 69.0 Å². The lowest BCUT2D eigenvalue weighted by molar-refractivity contribution is -0.136. The molecule has 230 valence electrons. The molecule has 5 aliphatic rings. The molecule has 45 heavy (non-hydrogen) atoms. The van der Waals surface area contributed by atoms with E-state index in [0.29, 0.717) is 17.6 Å². The number of nitrogens with zero attached hydrogens (tertiary/aromatic N) is 4. The molecule has 3 aliphatic heterocycles. The van der Waals surface area contributed by atoms with Gasteiger partial charge in [0.1, 0.15) is 6.04 Å². The summed E-state index contributed by atoms with van der Waals surface area (Å²) >= 11 is 0. The van der Waals surface area contributed by atoms with Crippen molar-refractivity contribution < 1.29 is 19.2 Å². The Bertz CT molecular complexity index is 1740. The number of carbonyl (C=O) groups is 4. The van der Waals surface area contributed by atoms with Crippen LogP contribution in [-0.4, -0.2) is 68.5 Å². The normalized spacial score (nSPS) is 24.4. The highest BCUT2D eigenvalue weighted by atomic mass is 16.2. The molecule has 2 unspecified atom stereocenters. The standard InChI is InChI=1S/C33H34N8O4/c42-29-8-7-28(31(43)38-29)41-32(44)24-5-3-20(13-25(24)33(41)45)35-14-18-11-23(12-18)40-17-26(30(39-40)19-1-2-19)27-6-4-21(16-36-27)37-22-9-10-34-15-22/h3-6,13-14,16-17,19,22-23,28,34-35,37H,1-2,7-12,15H2,(H,38,42,43). The molecular weight excluding hydrogens is 572 g/mol. The topological polar surface area (TPSA) is 150 Å². The van der Waals surface area contributed by atoms with E-state index in [1.54, 1.807) is 18.2 Å². The second-order valence-electron chi connectivity index (χ2n) is 12.7. The minimum absolute atomic E-state index is 0.0905. The summed E-state index contributed by atoms with van der Waals surface area (Å²) in [5.41, 5.74) is 6.68. The van der Waals surface area contributed by atoms with Gasteiger partial charge in [0, 0.05) is 48.6 Å². The first-order valence-electron chi connectivity index (χ1n) is 15.7. The lowest BCUT2D eigenvalue weighted by atomic mass is 9.87. The summed E-state index contributed by atoms with van der Waals surface area (Å²) in [4.78, 5) is 55.7. The van der Waals surface area contributed by atoms with Crippen molar-refractivity contribution in [1.82, 2.24) is 30.3 Å². The van der Waals surface area contributed by atoms with Crippen molar-refractivity contribution in [2.24, 2.45) is 0 Å². The number of fused-ring (bicyclic) bond motifs is 1. The van der Waals surface area contributed by atoms with Crippen molar-refractivity contribution in [2.75, 3.05) is 23.7 Å². The zero-order valence-electron chi connectivity index (χ0n) is 24.7. The Morgan fingerprint density at radius 2 is 1.73 bits per heavy atom. The van der Waals surface area contributed by atoms with E-state index in [2.05, 4.69) is 44.3 Å². The van der Waals surface area contributed by atoms with Gasteiger partial charge in [-0.05, 0) is 81.0 Å². The van der Waals surface area contributed by atoms with E-state index in [9.17, 15) is 19.2 Å². The molecule has 4 amide bonds. The van der Waals surface area contributed by atoms with E-state index in [-0.39, 0.29) is 30.0 Å². The molecule has 0 bridgehead atoms. The highest BCUT2D eigenvalue weighted by Crippen LogP contribution is 2.45. The van der Waals surface area contributed by atoms with E-state index in [1.165, 1.54) is 5.57 Å². The molecule has 2 saturated heterocycles. The number of carbonyl (C=O) groups excluding carboxylic acids is 4. The number of piperidine rings is 1. The van der Waals surface area contributed by atoms with E-state index in [0.717, 1.165) is 72.7 Å². The SMILES string of the molecule is O=C1CCC(N2C(=O)c3ccc(NC=C4CC(n5cc(-c6ccc(NC7CCNC7)cn6)c(C6CC6)n5)C4)cc3C2=O)C(=O)N1. The second kappa shape index (κ2) is 11.0. The number of nitrogens with one attached hydrogen (secondary N) is 4. The molecule has 0 spiro atoms. The maximum atomic E-state index is 13.1. The summed E-state index contributed by atoms with van der Waals surface area (Å²) in [5, 5.41) is 17.5. The average molecular weight is 607 g/mol. The molecule has 2 aliphatic carbocycles. The van der Waals surface area contributed by atoms with Crippen LogP contribution in [0.1, 0.15) is 83.3 Å². The number of allylic oxidation sites excluding steroid dienone is 1. The van der Waals surface area contributed by atoms with Gasteiger partial charge >= 0.3 is 0 Å². The van der Waals surface area contributed by atoms with Gasteiger partial charge in [0.2, 0.25) is 11.8 Å². The molecule has 8 rings (SSSR count). The number of pyridine rings is 1. The van der Waals surface area contributed by atoms with Gasteiger partial charge in [-0.15, -0.1) is 0 Å². The van der Waals surface area contributed by atoms with Gasteiger partial charge in [-0.1, -0.05) is 0 Å². The van der Waals surface area contributed by atoms with Gasteiger partial charge < -0.3 is 16.0 Å². The zero-order chi connectivity index (χ0) is 30.7. The van der Waals surface area contributed by atoms with Gasteiger partial charge in [0.15, 0.2) is 0 Å². The zero-order valence-corrected chi connectivity index (χ0v) is 24.7. The van der Waals surface area contributed by atoms with Crippen LogP contribution in [0.2, 0.25) is 0 Å². The number of hydrogen-bond donors (Lipinski definition) is 4. The molecule has 1 aromatic carbocycles. The number of amides is 4. The maximum absolute atomic E-state index is 13.1. The van der Waals surface area contributed by atoms with Crippen LogP contribution in [0.5, 0.6) is 0 Å². The molecule has 4 N–H and O–H groups in total. The van der Waals surface area contributed by atoms with Crippen molar-refractivity contribution >= 4 is 35.0 Å². The second-order valence-corrected chi connectivity index (χ2v) is 12.7. The van der Waals surface area contributed by atoms with Crippen molar-refractivity contribution in [3.8, 4) is 11.3 Å². The predicted molar refractivity (Wildman–Crippen MR) is 165 cm³/mol. The van der Waals surface area contributed by atoms with Crippen LogP contribution in [0.4, 0.5) is 11.4 Å². The Morgan fingerprint density at radius 3 is 2.47 bits per heavy atom. The van der Waals surface area contributed by atoms with Crippen molar-refractivity contribution in [3.63, 3.8) is 0 Å². The molecule has 5 heterocycles. The fourth-order valence-corrected chi connectivity index (χ4v) is 6.70. The average Bonchev–Trinajstić information content (AvgIpc) is 3.46. The third kappa shape index (κ3) is 5.18. The third-order valence-electron chi connectivity index (χ3n) is 9.45. The minimum Gasteiger partial charge on any atom is -0.380 e. The van der Waals surface area contributed by atoms with Crippen molar-refractivity contribution in [1.29, 1.82) is 0 Å². The summed E-state index contributed by atoms with van der Waals surface area (Å²) in [6.07, 6.45) is 11.4. The Morgan fingerprint density at radius 1 is 0.911 bits per heavy atom. The van der Waals surface area contributed by atoms with Gasteiger partial charge in [-0.25, -0.2) is 0 Å². The molecule has 4 fully saturated rings. The fourth-order valence-electron chi connectivity index (χ4n) is 6.70. The van der Waals surface area contributed by atoms with E-state index < -0.39 is 29.7 Å². The Hall–Kier alpha value is -4.84. The van der Waals surface area contributed by atoms with Crippen LogP contribution in [-0.2, 0) is 9.59 Å². The van der Waals surface area contributed by atoms with Crippen LogP contribution in [0, 0.1) is 0 Å². The van der Waals surface area contributed by atoms with E-state index in [1.807, 2.05) is 12.4 Å². The summed E-state index contributed by atoms with van der Waals surface area (Å²) in [5.74, 6) is -1.53. The summed E-state index contributed by atoms with van der Waals surface area (Å²) < 4.78 is 2.10. The quantitative estimate of drug-likeness (QED) is 0.283. The molecule has 3 aromatic rings. The summed E-state index contributed by atoms with van der Waals surface area (Å²) in [7, 11) is 0. The van der Waals surface area contributed by atoms with Gasteiger partial charge in [0.25, 0.3) is 11.8 Å². The van der Waals surface area contributed by atoms with Gasteiger partial charge in [-0.3, -0.25) is 39.1 Å². The number of rotatable bonds is 8. The molecule has 0 radical (unpaired) electrons. The van der Waals surface area contributed by atoms with Crippen LogP contribution in [0.3, 0.4) is 0 Å². The highest BCUT2D eigenvalue weighted by Gasteiger charge is 2.44. The molecule has 2 aromatic heterocycles. The molecule has 2 saturated carbocycles. The lowest BCUT2D eigenvalue weighted by Gasteiger charge is -2.29. The van der Waals surface area contributed by atoms with Crippen LogP contribution in [0.15, 0.2) is 54.5 Å². The predicted octanol–water partition coefficient (Wildman–Crippen LogP) is 3.33. The number of hydrogen-bond acceptors (Lipinski definition) is 9. The number of benzene rings is 1. The first-order chi connectivity index (χ1) is 21.9.